The minimum Gasteiger partial charge on any atom is -0.481 e. The number of amides is 3. The van der Waals surface area contributed by atoms with Crippen LogP contribution in [0.2, 0.25) is 0 Å². The largest absolute Gasteiger partial charge is 0.481 e. The van der Waals surface area contributed by atoms with Crippen LogP contribution in [0.4, 0.5) is 0 Å². The van der Waals surface area contributed by atoms with Gasteiger partial charge in [0.05, 0.1) is 18.9 Å². The zero-order valence-electron chi connectivity index (χ0n) is 20.0. The monoisotopic (exact) mass is 508 g/mol. The van der Waals surface area contributed by atoms with Crippen LogP contribution in [0.5, 0.6) is 0 Å². The molecule has 1 aromatic carbocycles. The summed E-state index contributed by atoms with van der Waals surface area (Å²) in [5, 5.41) is 33.8. The van der Waals surface area contributed by atoms with Crippen LogP contribution in [0.1, 0.15) is 38.7 Å². The second-order valence-corrected chi connectivity index (χ2v) is 8.64. The molecule has 0 radical (unpaired) electrons. The van der Waals surface area contributed by atoms with Crippen molar-refractivity contribution >= 4 is 35.6 Å². The molecule has 0 saturated carbocycles. The SMILES string of the molecule is CC(C)CC(NC(=O)C(N)Cc1ccccc1)C(=O)NC(CC(=O)O)C(=O)NC(CC(=O)O)C(=O)O. The lowest BCUT2D eigenvalue weighted by atomic mass is 10.0. The van der Waals surface area contributed by atoms with Crippen molar-refractivity contribution in [1.29, 1.82) is 0 Å². The molecular formula is C23H32N4O9. The van der Waals surface area contributed by atoms with Crippen molar-refractivity contribution in [3.63, 3.8) is 0 Å². The van der Waals surface area contributed by atoms with Gasteiger partial charge in [0.2, 0.25) is 17.7 Å². The Morgan fingerprint density at radius 3 is 1.72 bits per heavy atom. The highest BCUT2D eigenvalue weighted by atomic mass is 16.4. The molecule has 0 aliphatic rings. The van der Waals surface area contributed by atoms with E-state index < -0.39 is 72.6 Å². The molecule has 0 aliphatic carbocycles. The third kappa shape index (κ3) is 11.0. The third-order valence-electron chi connectivity index (χ3n) is 4.98. The van der Waals surface area contributed by atoms with Gasteiger partial charge in [-0.3, -0.25) is 24.0 Å². The standard InChI is InChI=1S/C23H32N4O9/c1-12(2)8-15(25-20(32)14(24)9-13-6-4-3-5-7-13)21(33)26-16(10-18(28)29)22(34)27-17(23(35)36)11-19(30)31/h3-7,12,14-17H,8-11,24H2,1-2H3,(H,25,32)(H,26,33)(H,27,34)(H,28,29)(H,30,31)(H,35,36). The van der Waals surface area contributed by atoms with E-state index in [2.05, 4.69) is 10.6 Å². The number of hydrogen-bond acceptors (Lipinski definition) is 7. The Kier molecular flexibility index (Phi) is 12.0. The van der Waals surface area contributed by atoms with Crippen molar-refractivity contribution in [2.75, 3.05) is 0 Å². The van der Waals surface area contributed by atoms with E-state index in [1.54, 1.807) is 38.1 Å². The fourth-order valence-electron chi connectivity index (χ4n) is 3.25. The Morgan fingerprint density at radius 2 is 1.22 bits per heavy atom. The van der Waals surface area contributed by atoms with E-state index in [4.69, 9.17) is 21.1 Å². The van der Waals surface area contributed by atoms with E-state index in [1.165, 1.54) is 0 Å². The number of benzene rings is 1. The van der Waals surface area contributed by atoms with Crippen LogP contribution in [0.15, 0.2) is 30.3 Å². The van der Waals surface area contributed by atoms with Gasteiger partial charge in [-0.1, -0.05) is 44.2 Å². The van der Waals surface area contributed by atoms with Crippen molar-refractivity contribution in [2.45, 2.75) is 63.7 Å². The molecule has 36 heavy (non-hydrogen) atoms. The summed E-state index contributed by atoms with van der Waals surface area (Å²) in [5.41, 5.74) is 6.78. The summed E-state index contributed by atoms with van der Waals surface area (Å²) in [6.45, 7) is 3.56. The molecule has 0 heterocycles. The summed E-state index contributed by atoms with van der Waals surface area (Å²) in [6, 6.07) is 3.23. The molecule has 1 rings (SSSR count). The van der Waals surface area contributed by atoms with Crippen molar-refractivity contribution in [3.8, 4) is 0 Å². The summed E-state index contributed by atoms with van der Waals surface area (Å²) in [6.07, 6.45) is -1.53. The first kappa shape index (κ1) is 30.0. The highest BCUT2D eigenvalue weighted by molar-refractivity contribution is 5.96. The molecular weight excluding hydrogens is 476 g/mol. The van der Waals surface area contributed by atoms with Gasteiger partial charge in [-0.15, -0.1) is 0 Å². The molecule has 13 nitrogen and oxygen atoms in total. The Bertz CT molecular complexity index is 952. The van der Waals surface area contributed by atoms with Crippen molar-refractivity contribution in [2.24, 2.45) is 11.7 Å². The predicted molar refractivity (Wildman–Crippen MR) is 126 cm³/mol. The molecule has 8 N–H and O–H groups in total. The number of rotatable bonds is 15. The normalized spacial score (nSPS) is 14.1. The van der Waals surface area contributed by atoms with Crippen molar-refractivity contribution in [3.05, 3.63) is 35.9 Å². The lowest BCUT2D eigenvalue weighted by Gasteiger charge is -2.25. The van der Waals surface area contributed by atoms with E-state index >= 15 is 0 Å². The quantitative estimate of drug-likeness (QED) is 0.154. The van der Waals surface area contributed by atoms with E-state index in [0.717, 1.165) is 5.56 Å². The Hall–Kier alpha value is -4.00. The number of carboxylic acids is 3. The van der Waals surface area contributed by atoms with Gasteiger partial charge in [-0.05, 0) is 24.3 Å². The summed E-state index contributed by atoms with van der Waals surface area (Å²) < 4.78 is 0. The number of carbonyl (C=O) groups excluding carboxylic acids is 3. The number of aliphatic carboxylic acids is 3. The van der Waals surface area contributed by atoms with Crippen LogP contribution < -0.4 is 21.7 Å². The zero-order valence-corrected chi connectivity index (χ0v) is 20.0. The van der Waals surface area contributed by atoms with Gasteiger partial charge in [-0.2, -0.15) is 0 Å². The molecule has 13 heteroatoms. The maximum atomic E-state index is 12.9. The second kappa shape index (κ2) is 14.4. The average molecular weight is 509 g/mol. The van der Waals surface area contributed by atoms with E-state index in [9.17, 15) is 28.8 Å². The first-order valence-corrected chi connectivity index (χ1v) is 11.2. The molecule has 0 spiro atoms. The van der Waals surface area contributed by atoms with Gasteiger partial charge in [0.1, 0.15) is 18.1 Å². The fraction of sp³-hybridized carbons (Fsp3) is 0.478. The molecule has 4 atom stereocenters. The summed E-state index contributed by atoms with van der Waals surface area (Å²) in [5.74, 6) is -7.44. The number of carbonyl (C=O) groups is 6. The van der Waals surface area contributed by atoms with E-state index in [-0.39, 0.29) is 18.8 Å². The minimum atomic E-state index is -1.84. The summed E-state index contributed by atoms with van der Waals surface area (Å²) in [7, 11) is 0. The lowest BCUT2D eigenvalue weighted by Crippen LogP contribution is -2.58. The zero-order chi connectivity index (χ0) is 27.4. The highest BCUT2D eigenvalue weighted by Gasteiger charge is 2.32. The van der Waals surface area contributed by atoms with Crippen LogP contribution in [0.3, 0.4) is 0 Å². The number of nitrogens with two attached hydrogens (primary N) is 1. The Balaban J connectivity index is 2.98. The van der Waals surface area contributed by atoms with Crippen LogP contribution >= 0.6 is 0 Å². The highest BCUT2D eigenvalue weighted by Crippen LogP contribution is 2.08. The molecule has 0 aromatic heterocycles. The molecule has 198 valence electrons. The number of hydrogen-bond donors (Lipinski definition) is 7. The topological polar surface area (TPSA) is 225 Å². The molecule has 1 aromatic rings. The number of nitrogens with one attached hydrogen (secondary N) is 3. The van der Waals surface area contributed by atoms with Crippen LogP contribution in [-0.4, -0.2) is 75.1 Å². The maximum absolute atomic E-state index is 12.9. The average Bonchev–Trinajstić information content (AvgIpc) is 2.77. The van der Waals surface area contributed by atoms with Crippen LogP contribution in [-0.2, 0) is 35.2 Å². The van der Waals surface area contributed by atoms with Crippen LogP contribution in [0.25, 0.3) is 0 Å². The van der Waals surface area contributed by atoms with E-state index in [0.29, 0.717) is 0 Å². The third-order valence-corrected chi connectivity index (χ3v) is 4.98. The van der Waals surface area contributed by atoms with Crippen LogP contribution in [0, 0.1) is 5.92 Å². The molecule has 4 unspecified atom stereocenters. The summed E-state index contributed by atoms with van der Waals surface area (Å²) >= 11 is 0. The van der Waals surface area contributed by atoms with Gasteiger partial charge < -0.3 is 37.0 Å². The second-order valence-electron chi connectivity index (χ2n) is 8.64. The van der Waals surface area contributed by atoms with Gasteiger partial charge in [-0.25, -0.2) is 4.79 Å². The fourth-order valence-corrected chi connectivity index (χ4v) is 3.25. The summed E-state index contributed by atoms with van der Waals surface area (Å²) in [4.78, 5) is 71.5. The number of carboxylic acid groups (broad SMARTS) is 3. The van der Waals surface area contributed by atoms with Gasteiger partial charge in [0.25, 0.3) is 0 Å². The Morgan fingerprint density at radius 1 is 0.750 bits per heavy atom. The molecule has 0 fully saturated rings. The van der Waals surface area contributed by atoms with Gasteiger partial charge in [0, 0.05) is 0 Å². The maximum Gasteiger partial charge on any atom is 0.326 e. The first-order valence-electron chi connectivity index (χ1n) is 11.2. The van der Waals surface area contributed by atoms with Gasteiger partial charge in [0.15, 0.2) is 0 Å². The first-order chi connectivity index (χ1) is 16.8. The lowest BCUT2D eigenvalue weighted by molar-refractivity contribution is -0.148. The smallest absolute Gasteiger partial charge is 0.326 e. The van der Waals surface area contributed by atoms with Crippen molar-refractivity contribution in [1.82, 2.24) is 16.0 Å². The van der Waals surface area contributed by atoms with Crippen molar-refractivity contribution < 1.29 is 44.1 Å². The molecule has 0 saturated heterocycles. The Labute approximate surface area is 207 Å². The molecule has 3 amide bonds. The molecule has 0 aliphatic heterocycles. The molecule has 0 bridgehead atoms. The van der Waals surface area contributed by atoms with Gasteiger partial charge >= 0.3 is 17.9 Å². The van der Waals surface area contributed by atoms with E-state index in [1.807, 2.05) is 11.4 Å². The predicted octanol–water partition coefficient (Wildman–Crippen LogP) is -0.909. The minimum absolute atomic E-state index is 0.0925.